The van der Waals surface area contributed by atoms with Gasteiger partial charge in [-0.25, -0.2) is 8.42 Å². The average Bonchev–Trinajstić information content (AvgIpc) is 2.84. The third kappa shape index (κ3) is 2.45. The molecule has 1 saturated carbocycles. The van der Waals surface area contributed by atoms with Crippen molar-refractivity contribution in [2.24, 2.45) is 0 Å². The van der Waals surface area contributed by atoms with Crippen LogP contribution in [0, 0.1) is 0 Å². The number of hydrogen-bond acceptors (Lipinski definition) is 4. The molecular formula is C13H24N2O2S. The van der Waals surface area contributed by atoms with E-state index in [-0.39, 0.29) is 11.3 Å². The van der Waals surface area contributed by atoms with Crippen LogP contribution in [0.1, 0.15) is 38.5 Å². The summed E-state index contributed by atoms with van der Waals surface area (Å²) in [6, 6.07) is 1.55. The van der Waals surface area contributed by atoms with Crippen LogP contribution in [0.15, 0.2) is 0 Å². The summed E-state index contributed by atoms with van der Waals surface area (Å²) >= 11 is 0. The molecular weight excluding hydrogens is 248 g/mol. The van der Waals surface area contributed by atoms with Crippen LogP contribution in [0.5, 0.6) is 0 Å². The van der Waals surface area contributed by atoms with Gasteiger partial charge in [0.2, 0.25) is 0 Å². The first kappa shape index (κ1) is 12.9. The molecule has 3 aliphatic rings. The number of sulfone groups is 1. The van der Waals surface area contributed by atoms with E-state index in [2.05, 4.69) is 10.2 Å². The lowest BCUT2D eigenvalue weighted by molar-refractivity contribution is 0.190. The molecule has 0 aromatic rings. The molecule has 1 N–H and O–H groups in total. The molecule has 0 radical (unpaired) electrons. The number of nitrogens with zero attached hydrogens (tertiary/aromatic N) is 1. The maximum Gasteiger partial charge on any atom is 0.151 e. The van der Waals surface area contributed by atoms with E-state index in [0.29, 0.717) is 12.1 Å². The maximum absolute atomic E-state index is 11.9. The molecule has 3 rings (SSSR count). The molecule has 2 bridgehead atoms. The smallest absolute Gasteiger partial charge is 0.151 e. The number of fused-ring (bicyclic) bond motifs is 2. The van der Waals surface area contributed by atoms with Gasteiger partial charge in [-0.1, -0.05) is 6.42 Å². The van der Waals surface area contributed by atoms with Gasteiger partial charge in [0.05, 0.1) is 5.25 Å². The van der Waals surface area contributed by atoms with Crippen LogP contribution < -0.4 is 5.32 Å². The Balaban J connectivity index is 1.74. The molecule has 4 nitrogen and oxygen atoms in total. The second kappa shape index (κ2) is 4.76. The summed E-state index contributed by atoms with van der Waals surface area (Å²) in [6.45, 7) is 2.12. The number of nitrogens with one attached hydrogen (secondary N) is 1. The van der Waals surface area contributed by atoms with Crippen LogP contribution in [0.3, 0.4) is 0 Å². The van der Waals surface area contributed by atoms with Crippen LogP contribution in [0.4, 0.5) is 0 Å². The highest BCUT2D eigenvalue weighted by atomic mass is 32.2. The lowest BCUT2D eigenvalue weighted by atomic mass is 10.1. The molecule has 2 saturated heterocycles. The molecule has 5 heteroatoms. The van der Waals surface area contributed by atoms with Gasteiger partial charge in [-0.05, 0) is 32.1 Å². The van der Waals surface area contributed by atoms with Crippen molar-refractivity contribution in [3.63, 3.8) is 0 Å². The normalized spacial score (nSPS) is 42.1. The van der Waals surface area contributed by atoms with Crippen molar-refractivity contribution < 1.29 is 8.42 Å². The largest absolute Gasteiger partial charge is 0.310 e. The summed E-state index contributed by atoms with van der Waals surface area (Å²) < 4.78 is 23.8. The van der Waals surface area contributed by atoms with Crippen molar-refractivity contribution in [3.05, 3.63) is 0 Å². The molecule has 0 amide bonds. The zero-order chi connectivity index (χ0) is 12.8. The fourth-order valence-electron chi connectivity index (χ4n) is 4.09. The number of hydrogen-bond donors (Lipinski definition) is 1. The Labute approximate surface area is 110 Å². The highest BCUT2D eigenvalue weighted by Crippen LogP contribution is 2.32. The quantitative estimate of drug-likeness (QED) is 0.807. The van der Waals surface area contributed by atoms with Gasteiger partial charge in [0, 0.05) is 37.5 Å². The Bertz CT molecular complexity index is 409. The number of rotatable bonds is 2. The van der Waals surface area contributed by atoms with E-state index in [4.69, 9.17) is 0 Å². The monoisotopic (exact) mass is 272 g/mol. The Kier molecular flexibility index (Phi) is 3.41. The minimum atomic E-state index is -2.89. The summed E-state index contributed by atoms with van der Waals surface area (Å²) in [4.78, 5) is 2.47. The van der Waals surface area contributed by atoms with Crippen LogP contribution >= 0.6 is 0 Å². The summed E-state index contributed by atoms with van der Waals surface area (Å²) in [5.74, 6) is 0. The molecule has 3 fully saturated rings. The Hall–Kier alpha value is -0.130. The highest BCUT2D eigenvalue weighted by Gasteiger charge is 2.40. The maximum atomic E-state index is 11.9. The molecule has 104 valence electrons. The zero-order valence-corrected chi connectivity index (χ0v) is 12.0. The molecule has 0 aromatic heterocycles. The van der Waals surface area contributed by atoms with Gasteiger partial charge in [0.25, 0.3) is 0 Å². The highest BCUT2D eigenvalue weighted by molar-refractivity contribution is 7.91. The van der Waals surface area contributed by atoms with Gasteiger partial charge in [0.15, 0.2) is 9.84 Å². The summed E-state index contributed by atoms with van der Waals surface area (Å²) in [5, 5.41) is 3.55. The van der Waals surface area contributed by atoms with Gasteiger partial charge in [-0.2, -0.15) is 0 Å². The van der Waals surface area contributed by atoms with Crippen LogP contribution in [-0.4, -0.2) is 56.0 Å². The van der Waals surface area contributed by atoms with Crippen molar-refractivity contribution in [2.75, 3.05) is 19.3 Å². The third-order valence-electron chi connectivity index (χ3n) is 4.99. The van der Waals surface area contributed by atoms with Crippen molar-refractivity contribution in [1.29, 1.82) is 0 Å². The van der Waals surface area contributed by atoms with Crippen molar-refractivity contribution in [2.45, 2.75) is 61.9 Å². The Morgan fingerprint density at radius 3 is 2.61 bits per heavy atom. The van der Waals surface area contributed by atoms with Crippen LogP contribution in [-0.2, 0) is 9.84 Å². The van der Waals surface area contributed by atoms with Crippen molar-refractivity contribution >= 4 is 9.84 Å². The first-order chi connectivity index (χ1) is 8.54. The number of likely N-dealkylation sites (tertiary alicyclic amines) is 1. The Morgan fingerprint density at radius 2 is 1.83 bits per heavy atom. The second-order valence-electron chi connectivity index (χ2n) is 6.29. The molecule has 0 aromatic carbocycles. The zero-order valence-electron chi connectivity index (χ0n) is 11.1. The lowest BCUT2D eigenvalue weighted by Crippen LogP contribution is -2.47. The summed E-state index contributed by atoms with van der Waals surface area (Å²) in [7, 11) is -2.89. The van der Waals surface area contributed by atoms with Gasteiger partial charge >= 0.3 is 0 Å². The summed E-state index contributed by atoms with van der Waals surface area (Å²) in [5.41, 5.74) is 0. The average molecular weight is 272 g/mol. The molecule has 2 heterocycles. The molecule has 4 atom stereocenters. The van der Waals surface area contributed by atoms with Gasteiger partial charge < -0.3 is 5.32 Å². The molecule has 4 unspecified atom stereocenters. The topological polar surface area (TPSA) is 49.4 Å². The van der Waals surface area contributed by atoms with E-state index in [0.717, 1.165) is 32.4 Å². The summed E-state index contributed by atoms with van der Waals surface area (Å²) in [6.07, 6.45) is 8.16. The predicted octanol–water partition coefficient (Wildman–Crippen LogP) is 0.778. The lowest BCUT2D eigenvalue weighted by Gasteiger charge is -2.33. The fourth-order valence-corrected chi connectivity index (χ4v) is 5.57. The minimum absolute atomic E-state index is 0.117. The SMILES string of the molecule is CS(=O)(=O)C1CCCC1N1CCC2CCC(C1)N2. The molecule has 2 aliphatic heterocycles. The van der Waals surface area contributed by atoms with E-state index in [1.165, 1.54) is 25.5 Å². The van der Waals surface area contributed by atoms with Crippen LogP contribution in [0.25, 0.3) is 0 Å². The van der Waals surface area contributed by atoms with E-state index in [9.17, 15) is 8.42 Å². The van der Waals surface area contributed by atoms with E-state index in [1.807, 2.05) is 0 Å². The minimum Gasteiger partial charge on any atom is -0.310 e. The van der Waals surface area contributed by atoms with Crippen molar-refractivity contribution in [1.82, 2.24) is 10.2 Å². The Morgan fingerprint density at radius 1 is 1.06 bits per heavy atom. The van der Waals surface area contributed by atoms with Crippen molar-refractivity contribution in [3.8, 4) is 0 Å². The van der Waals surface area contributed by atoms with Gasteiger partial charge in [-0.3, -0.25) is 4.90 Å². The first-order valence-corrected chi connectivity index (χ1v) is 9.18. The van der Waals surface area contributed by atoms with E-state index < -0.39 is 9.84 Å². The molecule has 0 spiro atoms. The molecule has 18 heavy (non-hydrogen) atoms. The predicted molar refractivity (Wildman–Crippen MR) is 72.4 cm³/mol. The first-order valence-electron chi connectivity index (χ1n) is 7.23. The molecule has 1 aliphatic carbocycles. The standard InChI is InChI=1S/C13H24N2O2S/c1-18(16,17)13-4-2-3-12(13)15-8-7-10-5-6-11(9-15)14-10/h10-14H,2-9H2,1H3. The van der Waals surface area contributed by atoms with Gasteiger partial charge in [-0.15, -0.1) is 0 Å². The fraction of sp³-hybridized carbons (Fsp3) is 1.00. The van der Waals surface area contributed by atoms with E-state index in [1.54, 1.807) is 0 Å². The van der Waals surface area contributed by atoms with E-state index >= 15 is 0 Å². The van der Waals surface area contributed by atoms with Gasteiger partial charge in [0.1, 0.15) is 0 Å². The third-order valence-corrected chi connectivity index (χ3v) is 6.64. The second-order valence-corrected chi connectivity index (χ2v) is 8.55. The van der Waals surface area contributed by atoms with Crippen LogP contribution in [0.2, 0.25) is 0 Å².